The third-order valence-electron chi connectivity index (χ3n) is 3.87. The molecular weight excluding hydrogens is 282 g/mol. The molecule has 1 saturated carbocycles. The molecule has 114 valence electrons. The standard InChI is InChI=1S/C16H23N3OS/c1-2-20-13-7-8-14-15(11-13)19-16(18-14)21-10-9-17-12-5-3-4-6-12/h7-8,11-12,17H,2-6,9-10H2,1H3,(H,18,19). The summed E-state index contributed by atoms with van der Waals surface area (Å²) < 4.78 is 5.51. The summed E-state index contributed by atoms with van der Waals surface area (Å²) in [6.45, 7) is 3.74. The molecule has 1 fully saturated rings. The number of benzene rings is 1. The van der Waals surface area contributed by atoms with E-state index in [-0.39, 0.29) is 0 Å². The molecular formula is C16H23N3OS. The maximum absolute atomic E-state index is 5.51. The number of thioether (sulfide) groups is 1. The number of nitrogens with one attached hydrogen (secondary N) is 2. The van der Waals surface area contributed by atoms with Gasteiger partial charge in [-0.3, -0.25) is 0 Å². The zero-order chi connectivity index (χ0) is 14.5. The van der Waals surface area contributed by atoms with Gasteiger partial charge >= 0.3 is 0 Å². The van der Waals surface area contributed by atoms with Crippen LogP contribution in [-0.4, -0.2) is 34.9 Å². The van der Waals surface area contributed by atoms with Gasteiger partial charge in [0.15, 0.2) is 5.16 Å². The predicted octanol–water partition coefficient (Wildman–Crippen LogP) is 3.59. The number of fused-ring (bicyclic) bond motifs is 1. The molecule has 0 atom stereocenters. The van der Waals surface area contributed by atoms with Gasteiger partial charge in [0.1, 0.15) is 5.75 Å². The van der Waals surface area contributed by atoms with Crippen molar-refractivity contribution in [1.82, 2.24) is 15.3 Å². The van der Waals surface area contributed by atoms with Gasteiger partial charge in [0.2, 0.25) is 0 Å². The van der Waals surface area contributed by atoms with Crippen LogP contribution in [0.4, 0.5) is 0 Å². The normalized spacial score (nSPS) is 15.9. The van der Waals surface area contributed by atoms with Crippen molar-refractivity contribution in [2.75, 3.05) is 18.9 Å². The summed E-state index contributed by atoms with van der Waals surface area (Å²) in [4.78, 5) is 7.97. The van der Waals surface area contributed by atoms with E-state index in [0.717, 1.165) is 40.3 Å². The minimum Gasteiger partial charge on any atom is -0.494 e. The van der Waals surface area contributed by atoms with Crippen molar-refractivity contribution < 1.29 is 4.74 Å². The van der Waals surface area contributed by atoms with Gasteiger partial charge in [-0.2, -0.15) is 0 Å². The molecule has 2 N–H and O–H groups in total. The zero-order valence-corrected chi connectivity index (χ0v) is 13.3. The fraction of sp³-hybridized carbons (Fsp3) is 0.562. The molecule has 1 aliphatic carbocycles. The van der Waals surface area contributed by atoms with E-state index >= 15 is 0 Å². The van der Waals surface area contributed by atoms with E-state index in [1.807, 2.05) is 25.1 Å². The fourth-order valence-electron chi connectivity index (χ4n) is 2.83. The Morgan fingerprint density at radius 2 is 2.24 bits per heavy atom. The Kier molecular flexibility index (Phi) is 5.04. The highest BCUT2D eigenvalue weighted by Crippen LogP contribution is 2.23. The highest BCUT2D eigenvalue weighted by molar-refractivity contribution is 7.99. The van der Waals surface area contributed by atoms with Gasteiger partial charge in [-0.15, -0.1) is 0 Å². The Balaban J connectivity index is 1.51. The second-order valence-corrected chi connectivity index (χ2v) is 6.52. The van der Waals surface area contributed by atoms with Crippen molar-refractivity contribution in [3.8, 4) is 5.75 Å². The summed E-state index contributed by atoms with van der Waals surface area (Å²) in [5, 5.41) is 4.62. The number of hydrogen-bond acceptors (Lipinski definition) is 4. The summed E-state index contributed by atoms with van der Waals surface area (Å²) >= 11 is 1.78. The van der Waals surface area contributed by atoms with Crippen LogP contribution < -0.4 is 10.1 Å². The van der Waals surface area contributed by atoms with Crippen LogP contribution in [0, 0.1) is 0 Å². The predicted molar refractivity (Wildman–Crippen MR) is 88.2 cm³/mol. The van der Waals surface area contributed by atoms with E-state index < -0.39 is 0 Å². The van der Waals surface area contributed by atoms with Gasteiger partial charge in [-0.25, -0.2) is 4.98 Å². The van der Waals surface area contributed by atoms with Crippen LogP contribution in [0.15, 0.2) is 23.4 Å². The Morgan fingerprint density at radius 3 is 3.05 bits per heavy atom. The van der Waals surface area contributed by atoms with Gasteiger partial charge in [0.25, 0.3) is 0 Å². The van der Waals surface area contributed by atoms with Crippen molar-refractivity contribution in [3.63, 3.8) is 0 Å². The lowest BCUT2D eigenvalue weighted by Crippen LogP contribution is -2.28. The number of rotatable bonds is 7. The summed E-state index contributed by atoms with van der Waals surface area (Å²) in [5.74, 6) is 1.95. The summed E-state index contributed by atoms with van der Waals surface area (Å²) in [5.41, 5.74) is 2.05. The van der Waals surface area contributed by atoms with Gasteiger partial charge in [-0.05, 0) is 31.9 Å². The molecule has 0 aliphatic heterocycles. The molecule has 1 aliphatic rings. The van der Waals surface area contributed by atoms with E-state index in [0.29, 0.717) is 6.61 Å². The quantitative estimate of drug-likeness (QED) is 0.606. The lowest BCUT2D eigenvalue weighted by atomic mass is 10.2. The molecule has 0 unspecified atom stereocenters. The highest BCUT2D eigenvalue weighted by atomic mass is 32.2. The lowest BCUT2D eigenvalue weighted by Gasteiger charge is -2.10. The van der Waals surface area contributed by atoms with Crippen molar-refractivity contribution in [2.45, 2.75) is 43.8 Å². The van der Waals surface area contributed by atoms with Crippen LogP contribution in [0.2, 0.25) is 0 Å². The molecule has 0 amide bonds. The van der Waals surface area contributed by atoms with E-state index in [4.69, 9.17) is 4.74 Å². The summed E-state index contributed by atoms with van der Waals surface area (Å²) in [7, 11) is 0. The second kappa shape index (κ2) is 7.18. The number of hydrogen-bond donors (Lipinski definition) is 2. The van der Waals surface area contributed by atoms with Crippen molar-refractivity contribution in [3.05, 3.63) is 18.2 Å². The van der Waals surface area contributed by atoms with E-state index in [9.17, 15) is 0 Å². The maximum atomic E-state index is 5.51. The summed E-state index contributed by atoms with van der Waals surface area (Å²) in [6, 6.07) is 6.75. The molecule has 1 aromatic carbocycles. The average molecular weight is 305 g/mol. The Morgan fingerprint density at radius 1 is 1.38 bits per heavy atom. The molecule has 2 aromatic rings. The Labute approximate surface area is 130 Å². The smallest absolute Gasteiger partial charge is 0.166 e. The number of H-pyrrole nitrogens is 1. The zero-order valence-electron chi connectivity index (χ0n) is 12.5. The average Bonchev–Trinajstić information content (AvgIpc) is 3.12. The number of aromatic amines is 1. The first-order valence-electron chi connectivity index (χ1n) is 7.84. The SMILES string of the molecule is CCOc1ccc2nc(SCCNC3CCCC3)[nH]c2c1. The van der Waals surface area contributed by atoms with Gasteiger partial charge in [0.05, 0.1) is 17.6 Å². The first kappa shape index (κ1) is 14.7. The van der Waals surface area contributed by atoms with Crippen LogP contribution in [-0.2, 0) is 0 Å². The summed E-state index contributed by atoms with van der Waals surface area (Å²) in [6.07, 6.45) is 5.46. The van der Waals surface area contributed by atoms with Gasteiger partial charge in [0, 0.05) is 24.4 Å². The monoisotopic (exact) mass is 305 g/mol. The molecule has 3 rings (SSSR count). The van der Waals surface area contributed by atoms with Gasteiger partial charge in [-0.1, -0.05) is 24.6 Å². The number of aromatic nitrogens is 2. The van der Waals surface area contributed by atoms with Crippen LogP contribution >= 0.6 is 11.8 Å². The van der Waals surface area contributed by atoms with Crippen molar-refractivity contribution in [2.24, 2.45) is 0 Å². The van der Waals surface area contributed by atoms with Crippen LogP contribution in [0.25, 0.3) is 11.0 Å². The van der Waals surface area contributed by atoms with E-state index in [1.54, 1.807) is 11.8 Å². The number of nitrogens with zero attached hydrogens (tertiary/aromatic N) is 1. The largest absolute Gasteiger partial charge is 0.494 e. The molecule has 0 radical (unpaired) electrons. The minimum absolute atomic E-state index is 0.689. The molecule has 5 heteroatoms. The third-order valence-corrected chi connectivity index (χ3v) is 4.75. The highest BCUT2D eigenvalue weighted by Gasteiger charge is 2.13. The minimum atomic E-state index is 0.689. The third kappa shape index (κ3) is 3.92. The first-order chi connectivity index (χ1) is 10.3. The number of ether oxygens (including phenoxy) is 1. The first-order valence-corrected chi connectivity index (χ1v) is 8.82. The fourth-order valence-corrected chi connectivity index (χ4v) is 3.59. The molecule has 4 nitrogen and oxygen atoms in total. The molecule has 21 heavy (non-hydrogen) atoms. The second-order valence-electron chi connectivity index (χ2n) is 5.44. The molecule has 1 aromatic heterocycles. The van der Waals surface area contributed by atoms with E-state index in [1.165, 1.54) is 25.7 Å². The molecule has 0 bridgehead atoms. The van der Waals surface area contributed by atoms with Crippen LogP contribution in [0.1, 0.15) is 32.6 Å². The van der Waals surface area contributed by atoms with Crippen LogP contribution in [0.3, 0.4) is 0 Å². The Hall–Kier alpha value is -1.20. The molecule has 0 saturated heterocycles. The molecule has 0 spiro atoms. The topological polar surface area (TPSA) is 49.9 Å². The van der Waals surface area contributed by atoms with Crippen LogP contribution in [0.5, 0.6) is 5.75 Å². The lowest BCUT2D eigenvalue weighted by molar-refractivity contribution is 0.340. The van der Waals surface area contributed by atoms with Crippen molar-refractivity contribution >= 4 is 22.8 Å². The maximum Gasteiger partial charge on any atom is 0.166 e. The van der Waals surface area contributed by atoms with Gasteiger partial charge < -0.3 is 15.0 Å². The van der Waals surface area contributed by atoms with Crippen molar-refractivity contribution in [1.29, 1.82) is 0 Å². The number of imidazole rings is 1. The van der Waals surface area contributed by atoms with E-state index in [2.05, 4.69) is 15.3 Å². The molecule has 1 heterocycles. The Bertz CT molecular complexity index is 578.